The van der Waals surface area contributed by atoms with E-state index in [1.54, 1.807) is 0 Å². The Balaban J connectivity index is 2.26. The number of halogens is 1. The Labute approximate surface area is 93.2 Å². The number of piperidine rings is 1. The van der Waals surface area contributed by atoms with Gasteiger partial charge in [0.1, 0.15) is 11.5 Å². The lowest BCUT2D eigenvalue weighted by atomic mass is 9.93. The summed E-state index contributed by atoms with van der Waals surface area (Å²) >= 11 is 3.56. The summed E-state index contributed by atoms with van der Waals surface area (Å²) in [4.78, 5) is 0. The van der Waals surface area contributed by atoms with Crippen LogP contribution in [0.5, 0.6) is 0 Å². The van der Waals surface area contributed by atoms with Crippen LogP contribution in [0.1, 0.15) is 35.8 Å². The number of rotatable bonds is 1. The first-order chi connectivity index (χ1) is 6.70. The molecule has 1 N–H and O–H groups in total. The van der Waals surface area contributed by atoms with E-state index in [2.05, 4.69) is 28.2 Å². The van der Waals surface area contributed by atoms with E-state index in [-0.39, 0.29) is 0 Å². The van der Waals surface area contributed by atoms with Crippen LogP contribution in [0.3, 0.4) is 0 Å². The molecule has 0 saturated carbocycles. The molecule has 1 aliphatic rings. The highest BCUT2D eigenvalue weighted by Crippen LogP contribution is 2.35. The molecule has 1 aromatic heterocycles. The summed E-state index contributed by atoms with van der Waals surface area (Å²) in [5, 5.41) is 3.37. The second kappa shape index (κ2) is 4.07. The summed E-state index contributed by atoms with van der Waals surface area (Å²) < 4.78 is 6.95. The predicted octanol–water partition coefficient (Wildman–Crippen LogP) is 3.13. The van der Waals surface area contributed by atoms with Crippen molar-refractivity contribution in [2.45, 2.75) is 32.6 Å². The normalized spacial score (nSPS) is 18.8. The topological polar surface area (TPSA) is 25.2 Å². The Bertz CT molecular complexity index is 326. The molecule has 14 heavy (non-hydrogen) atoms. The highest BCUT2D eigenvalue weighted by molar-refractivity contribution is 9.10. The smallest absolute Gasteiger partial charge is 0.115 e. The molecule has 1 aromatic rings. The molecule has 0 spiro atoms. The third-order valence-electron chi connectivity index (χ3n) is 2.98. The molecular weight excluding hydrogens is 242 g/mol. The monoisotopic (exact) mass is 257 g/mol. The van der Waals surface area contributed by atoms with Crippen LogP contribution in [0.4, 0.5) is 0 Å². The van der Waals surface area contributed by atoms with Gasteiger partial charge in [-0.1, -0.05) is 0 Å². The van der Waals surface area contributed by atoms with Crippen LogP contribution >= 0.6 is 15.9 Å². The Hall–Kier alpha value is -0.280. The second-order valence-electron chi connectivity index (χ2n) is 3.99. The van der Waals surface area contributed by atoms with Crippen LogP contribution in [0.15, 0.2) is 8.89 Å². The first-order valence-corrected chi connectivity index (χ1v) is 5.95. The van der Waals surface area contributed by atoms with Crippen molar-refractivity contribution in [1.29, 1.82) is 0 Å². The summed E-state index contributed by atoms with van der Waals surface area (Å²) in [5.74, 6) is 2.81. The van der Waals surface area contributed by atoms with Crippen LogP contribution in [0.2, 0.25) is 0 Å². The number of furan rings is 1. The van der Waals surface area contributed by atoms with Gasteiger partial charge < -0.3 is 9.73 Å². The summed E-state index contributed by atoms with van der Waals surface area (Å²) in [6, 6.07) is 0. The van der Waals surface area contributed by atoms with Crippen LogP contribution in [-0.4, -0.2) is 13.1 Å². The maximum absolute atomic E-state index is 5.81. The molecule has 1 saturated heterocycles. The van der Waals surface area contributed by atoms with Crippen molar-refractivity contribution < 1.29 is 4.42 Å². The third kappa shape index (κ3) is 1.75. The van der Waals surface area contributed by atoms with Crippen molar-refractivity contribution in [2.24, 2.45) is 0 Å². The highest BCUT2D eigenvalue weighted by Gasteiger charge is 2.22. The maximum Gasteiger partial charge on any atom is 0.115 e. The molecule has 0 aliphatic carbocycles. The van der Waals surface area contributed by atoms with Crippen LogP contribution in [-0.2, 0) is 0 Å². The summed E-state index contributed by atoms with van der Waals surface area (Å²) in [6.45, 7) is 6.38. The molecule has 1 fully saturated rings. The van der Waals surface area contributed by atoms with Crippen molar-refractivity contribution >= 4 is 15.9 Å². The van der Waals surface area contributed by atoms with Gasteiger partial charge in [0.25, 0.3) is 0 Å². The van der Waals surface area contributed by atoms with Gasteiger partial charge in [-0.15, -0.1) is 0 Å². The standard InChI is InChI=1S/C11H16BrNO/c1-7-10(12)8(2)14-11(7)9-3-5-13-6-4-9/h9,13H,3-6H2,1-2H3. The van der Waals surface area contributed by atoms with Gasteiger partial charge in [-0.2, -0.15) is 0 Å². The van der Waals surface area contributed by atoms with Gasteiger partial charge >= 0.3 is 0 Å². The fourth-order valence-corrected chi connectivity index (χ4v) is 2.41. The van der Waals surface area contributed by atoms with Crippen LogP contribution in [0.25, 0.3) is 0 Å². The molecule has 2 nitrogen and oxygen atoms in total. The Kier molecular flexibility index (Phi) is 2.98. The fourth-order valence-electron chi connectivity index (χ4n) is 2.13. The van der Waals surface area contributed by atoms with Gasteiger partial charge in [0, 0.05) is 11.5 Å². The SMILES string of the molecule is Cc1oc(C2CCNCC2)c(C)c1Br. The number of hydrogen-bond acceptors (Lipinski definition) is 2. The lowest BCUT2D eigenvalue weighted by Gasteiger charge is -2.21. The first-order valence-electron chi connectivity index (χ1n) is 5.16. The van der Waals surface area contributed by atoms with Crippen LogP contribution < -0.4 is 5.32 Å². The zero-order valence-corrected chi connectivity index (χ0v) is 10.3. The maximum atomic E-state index is 5.81. The molecule has 0 amide bonds. The Morgan fingerprint density at radius 3 is 2.43 bits per heavy atom. The number of aryl methyl sites for hydroxylation is 1. The quantitative estimate of drug-likeness (QED) is 0.837. The minimum Gasteiger partial charge on any atom is -0.465 e. The Morgan fingerprint density at radius 1 is 1.29 bits per heavy atom. The minimum absolute atomic E-state index is 0.612. The molecule has 0 bridgehead atoms. The molecule has 2 rings (SSSR count). The summed E-state index contributed by atoms with van der Waals surface area (Å²) in [7, 11) is 0. The average molecular weight is 258 g/mol. The summed E-state index contributed by atoms with van der Waals surface area (Å²) in [6.07, 6.45) is 2.39. The molecule has 0 radical (unpaired) electrons. The molecule has 0 aromatic carbocycles. The molecular formula is C11H16BrNO. The molecule has 0 unspecified atom stereocenters. The lowest BCUT2D eigenvalue weighted by molar-refractivity contribution is 0.375. The van der Waals surface area contributed by atoms with E-state index in [0.717, 1.165) is 23.3 Å². The lowest BCUT2D eigenvalue weighted by Crippen LogP contribution is -2.26. The number of nitrogens with one attached hydrogen (secondary N) is 1. The predicted molar refractivity (Wildman–Crippen MR) is 60.7 cm³/mol. The summed E-state index contributed by atoms with van der Waals surface area (Å²) in [5.41, 5.74) is 1.29. The van der Waals surface area contributed by atoms with Gasteiger partial charge in [0.05, 0.1) is 4.47 Å². The van der Waals surface area contributed by atoms with Gasteiger partial charge in [-0.05, 0) is 55.7 Å². The zero-order valence-electron chi connectivity index (χ0n) is 8.69. The van der Waals surface area contributed by atoms with Gasteiger partial charge in [0.2, 0.25) is 0 Å². The van der Waals surface area contributed by atoms with Crippen molar-refractivity contribution in [1.82, 2.24) is 5.32 Å². The average Bonchev–Trinajstić information content (AvgIpc) is 2.47. The Morgan fingerprint density at radius 2 is 1.93 bits per heavy atom. The van der Waals surface area contributed by atoms with E-state index >= 15 is 0 Å². The van der Waals surface area contributed by atoms with Gasteiger partial charge in [-0.25, -0.2) is 0 Å². The number of hydrogen-bond donors (Lipinski definition) is 1. The zero-order chi connectivity index (χ0) is 10.1. The van der Waals surface area contributed by atoms with E-state index in [1.165, 1.54) is 24.2 Å². The molecule has 2 heterocycles. The van der Waals surface area contributed by atoms with Gasteiger partial charge in [0.15, 0.2) is 0 Å². The van der Waals surface area contributed by atoms with E-state index in [4.69, 9.17) is 4.42 Å². The minimum atomic E-state index is 0.612. The fraction of sp³-hybridized carbons (Fsp3) is 0.636. The molecule has 78 valence electrons. The van der Waals surface area contributed by atoms with Crippen molar-refractivity contribution in [3.8, 4) is 0 Å². The largest absolute Gasteiger partial charge is 0.465 e. The highest BCUT2D eigenvalue weighted by atomic mass is 79.9. The second-order valence-corrected chi connectivity index (χ2v) is 4.78. The van der Waals surface area contributed by atoms with Crippen LogP contribution in [0, 0.1) is 13.8 Å². The third-order valence-corrected chi connectivity index (χ3v) is 4.13. The van der Waals surface area contributed by atoms with E-state index < -0.39 is 0 Å². The molecule has 0 atom stereocenters. The first kappa shape index (κ1) is 10.2. The molecule has 1 aliphatic heterocycles. The van der Waals surface area contributed by atoms with Crippen molar-refractivity contribution in [3.05, 3.63) is 21.6 Å². The van der Waals surface area contributed by atoms with Crippen molar-refractivity contribution in [2.75, 3.05) is 13.1 Å². The van der Waals surface area contributed by atoms with E-state index in [1.807, 2.05) is 6.92 Å². The molecule has 3 heteroatoms. The van der Waals surface area contributed by atoms with E-state index in [9.17, 15) is 0 Å². The van der Waals surface area contributed by atoms with E-state index in [0.29, 0.717) is 5.92 Å². The van der Waals surface area contributed by atoms with Crippen molar-refractivity contribution in [3.63, 3.8) is 0 Å². The van der Waals surface area contributed by atoms with Gasteiger partial charge in [-0.3, -0.25) is 0 Å².